The summed E-state index contributed by atoms with van der Waals surface area (Å²) in [5, 5.41) is 3.28. The Morgan fingerprint density at radius 3 is 2.07 bits per heavy atom. The lowest BCUT2D eigenvalue weighted by atomic mass is 10.0. The molecule has 1 aliphatic rings. The molecule has 4 rings (SSSR count). The summed E-state index contributed by atoms with van der Waals surface area (Å²) in [5.41, 5.74) is 6.90. The Kier molecular flexibility index (Phi) is 5.00. The SMILES string of the molecule is Cc1ccc(C2=C(Nc3cc(C)ccc3C)C(=O)N(c3ccccc3C)C2=O)cc1. The molecule has 0 saturated heterocycles. The zero-order chi connectivity index (χ0) is 21.4. The first-order valence-electron chi connectivity index (χ1n) is 9.97. The molecule has 4 nitrogen and oxygen atoms in total. The summed E-state index contributed by atoms with van der Waals surface area (Å²) < 4.78 is 0. The Morgan fingerprint density at radius 1 is 0.700 bits per heavy atom. The van der Waals surface area contributed by atoms with Crippen LogP contribution in [0.2, 0.25) is 0 Å². The third kappa shape index (κ3) is 3.41. The van der Waals surface area contributed by atoms with Gasteiger partial charge in [-0.1, -0.05) is 60.2 Å². The van der Waals surface area contributed by atoms with Gasteiger partial charge in [0.15, 0.2) is 0 Å². The molecule has 4 heteroatoms. The Bertz CT molecular complexity index is 1190. The van der Waals surface area contributed by atoms with Gasteiger partial charge in [-0.3, -0.25) is 9.59 Å². The molecule has 0 radical (unpaired) electrons. The largest absolute Gasteiger partial charge is 0.350 e. The number of aryl methyl sites for hydroxylation is 4. The summed E-state index contributed by atoms with van der Waals surface area (Å²) in [6, 6.07) is 21.1. The second kappa shape index (κ2) is 7.64. The van der Waals surface area contributed by atoms with E-state index in [1.54, 1.807) is 6.07 Å². The number of anilines is 2. The van der Waals surface area contributed by atoms with Crippen LogP contribution < -0.4 is 10.2 Å². The highest BCUT2D eigenvalue weighted by Crippen LogP contribution is 2.35. The first-order valence-corrected chi connectivity index (χ1v) is 9.97. The molecule has 0 bridgehead atoms. The monoisotopic (exact) mass is 396 g/mol. The molecule has 0 spiro atoms. The number of hydrogen-bond donors (Lipinski definition) is 1. The fourth-order valence-electron chi connectivity index (χ4n) is 3.67. The number of benzene rings is 3. The molecule has 1 aliphatic heterocycles. The Balaban J connectivity index is 1.87. The number of rotatable bonds is 4. The molecule has 3 aromatic carbocycles. The molecular formula is C26H24N2O2. The number of carbonyl (C=O) groups excluding carboxylic acids is 2. The average Bonchev–Trinajstić information content (AvgIpc) is 2.96. The second-order valence-corrected chi connectivity index (χ2v) is 7.79. The van der Waals surface area contributed by atoms with Crippen LogP contribution in [-0.4, -0.2) is 11.8 Å². The van der Waals surface area contributed by atoms with Crippen LogP contribution in [0, 0.1) is 27.7 Å². The van der Waals surface area contributed by atoms with Crippen LogP contribution in [0.15, 0.2) is 72.4 Å². The molecule has 0 fully saturated rings. The number of amides is 2. The standard InChI is InChI=1S/C26H24N2O2/c1-16-10-13-20(14-11-16)23-24(27-21-15-17(2)9-12-18(21)3)26(30)28(25(23)29)22-8-6-5-7-19(22)4/h5-15,27H,1-4H3. The van der Waals surface area contributed by atoms with Gasteiger partial charge in [-0.25, -0.2) is 4.90 Å². The van der Waals surface area contributed by atoms with Crippen LogP contribution in [0.5, 0.6) is 0 Å². The lowest BCUT2D eigenvalue weighted by molar-refractivity contribution is -0.120. The molecule has 0 saturated carbocycles. The van der Waals surface area contributed by atoms with E-state index >= 15 is 0 Å². The van der Waals surface area contributed by atoms with E-state index in [0.29, 0.717) is 17.0 Å². The molecule has 0 atom stereocenters. The molecule has 1 N–H and O–H groups in total. The van der Waals surface area contributed by atoms with Crippen molar-refractivity contribution in [2.45, 2.75) is 27.7 Å². The summed E-state index contributed by atoms with van der Waals surface area (Å²) in [4.78, 5) is 28.3. The predicted molar refractivity (Wildman–Crippen MR) is 121 cm³/mol. The molecule has 150 valence electrons. The number of imide groups is 1. The fraction of sp³-hybridized carbons (Fsp3) is 0.154. The van der Waals surface area contributed by atoms with Crippen LogP contribution in [0.3, 0.4) is 0 Å². The van der Waals surface area contributed by atoms with Crippen LogP contribution in [0.25, 0.3) is 5.57 Å². The molecule has 3 aromatic rings. The van der Waals surface area contributed by atoms with E-state index in [2.05, 4.69) is 5.32 Å². The minimum absolute atomic E-state index is 0.306. The molecule has 2 amide bonds. The zero-order valence-electron chi connectivity index (χ0n) is 17.6. The van der Waals surface area contributed by atoms with Crippen molar-refractivity contribution in [3.8, 4) is 0 Å². The first kappa shape index (κ1) is 19.6. The summed E-state index contributed by atoms with van der Waals surface area (Å²) in [7, 11) is 0. The maximum absolute atomic E-state index is 13.5. The van der Waals surface area contributed by atoms with E-state index in [1.165, 1.54) is 4.90 Å². The van der Waals surface area contributed by atoms with E-state index < -0.39 is 0 Å². The van der Waals surface area contributed by atoms with E-state index in [0.717, 1.165) is 33.5 Å². The summed E-state index contributed by atoms with van der Waals surface area (Å²) in [6.07, 6.45) is 0. The maximum Gasteiger partial charge on any atom is 0.282 e. The molecule has 30 heavy (non-hydrogen) atoms. The van der Waals surface area contributed by atoms with E-state index in [-0.39, 0.29) is 11.8 Å². The topological polar surface area (TPSA) is 49.4 Å². The fourth-order valence-corrected chi connectivity index (χ4v) is 3.67. The van der Waals surface area contributed by atoms with Gasteiger partial charge in [0, 0.05) is 5.69 Å². The lowest BCUT2D eigenvalue weighted by Crippen LogP contribution is -2.33. The van der Waals surface area contributed by atoms with Gasteiger partial charge in [-0.05, 0) is 62.1 Å². The van der Waals surface area contributed by atoms with Gasteiger partial charge in [0.1, 0.15) is 5.70 Å². The van der Waals surface area contributed by atoms with E-state index in [9.17, 15) is 9.59 Å². The number of nitrogens with zero attached hydrogens (tertiary/aromatic N) is 1. The number of carbonyl (C=O) groups is 2. The van der Waals surface area contributed by atoms with Crippen LogP contribution in [0.4, 0.5) is 11.4 Å². The van der Waals surface area contributed by atoms with Crippen molar-refractivity contribution in [3.05, 3.63) is 100 Å². The van der Waals surface area contributed by atoms with Crippen molar-refractivity contribution >= 4 is 28.8 Å². The lowest BCUT2D eigenvalue weighted by Gasteiger charge is -2.18. The summed E-state index contributed by atoms with van der Waals surface area (Å²) in [5.74, 6) is -0.656. The Morgan fingerprint density at radius 2 is 1.37 bits per heavy atom. The highest BCUT2D eigenvalue weighted by Gasteiger charge is 2.40. The third-order valence-electron chi connectivity index (χ3n) is 5.43. The smallest absolute Gasteiger partial charge is 0.282 e. The van der Waals surface area contributed by atoms with Crippen molar-refractivity contribution in [1.82, 2.24) is 0 Å². The van der Waals surface area contributed by atoms with Crippen LogP contribution >= 0.6 is 0 Å². The molecule has 0 aromatic heterocycles. The van der Waals surface area contributed by atoms with Crippen molar-refractivity contribution in [3.63, 3.8) is 0 Å². The van der Waals surface area contributed by atoms with E-state index in [4.69, 9.17) is 0 Å². The number of hydrogen-bond acceptors (Lipinski definition) is 3. The van der Waals surface area contributed by atoms with Gasteiger partial charge in [0.05, 0.1) is 11.3 Å². The van der Waals surface area contributed by atoms with Crippen molar-refractivity contribution in [2.75, 3.05) is 10.2 Å². The molecular weight excluding hydrogens is 372 g/mol. The Hall–Kier alpha value is -3.66. The summed E-state index contributed by atoms with van der Waals surface area (Å²) >= 11 is 0. The maximum atomic E-state index is 13.5. The molecule has 1 heterocycles. The van der Waals surface area contributed by atoms with Crippen molar-refractivity contribution in [2.24, 2.45) is 0 Å². The van der Waals surface area contributed by atoms with Crippen molar-refractivity contribution in [1.29, 1.82) is 0 Å². The van der Waals surface area contributed by atoms with Crippen LogP contribution in [-0.2, 0) is 9.59 Å². The van der Waals surface area contributed by atoms with E-state index in [1.807, 2.05) is 88.4 Å². The first-order chi connectivity index (χ1) is 14.4. The van der Waals surface area contributed by atoms with Gasteiger partial charge < -0.3 is 5.32 Å². The second-order valence-electron chi connectivity index (χ2n) is 7.79. The average molecular weight is 396 g/mol. The molecule has 0 aliphatic carbocycles. The summed E-state index contributed by atoms with van der Waals surface area (Å²) in [6.45, 7) is 7.88. The van der Waals surface area contributed by atoms with Crippen molar-refractivity contribution < 1.29 is 9.59 Å². The van der Waals surface area contributed by atoms with Gasteiger partial charge >= 0.3 is 0 Å². The quantitative estimate of drug-likeness (QED) is 0.608. The van der Waals surface area contributed by atoms with Gasteiger partial charge in [0.2, 0.25) is 0 Å². The number of nitrogens with one attached hydrogen (secondary N) is 1. The predicted octanol–water partition coefficient (Wildman–Crippen LogP) is 5.32. The minimum Gasteiger partial charge on any atom is -0.350 e. The normalized spacial score (nSPS) is 13.9. The van der Waals surface area contributed by atoms with Gasteiger partial charge in [0.25, 0.3) is 11.8 Å². The highest BCUT2D eigenvalue weighted by molar-refractivity contribution is 6.46. The van der Waals surface area contributed by atoms with Gasteiger partial charge in [-0.2, -0.15) is 0 Å². The van der Waals surface area contributed by atoms with Gasteiger partial charge in [-0.15, -0.1) is 0 Å². The van der Waals surface area contributed by atoms with Crippen LogP contribution in [0.1, 0.15) is 27.8 Å². The highest BCUT2D eigenvalue weighted by atomic mass is 16.2. The minimum atomic E-state index is -0.342. The number of para-hydroxylation sites is 1. The molecule has 0 unspecified atom stereocenters. The third-order valence-corrected chi connectivity index (χ3v) is 5.43. The Labute approximate surface area is 176 Å². The zero-order valence-corrected chi connectivity index (χ0v) is 17.6.